The highest BCUT2D eigenvalue weighted by Gasteiger charge is 2.22. The van der Waals surface area contributed by atoms with Crippen LogP contribution in [0.15, 0.2) is 41.4 Å². The molecule has 0 aliphatic carbocycles. The molecular weight excluding hydrogens is 339 g/mol. The predicted octanol–water partition coefficient (Wildman–Crippen LogP) is 2.51. The SMILES string of the molecule is Cl.NNC(=O)c1ccc2c(c1)[N+](=Cc1cc(Cl)ccc1O)C=N2. The van der Waals surface area contributed by atoms with Gasteiger partial charge in [0.05, 0.1) is 5.56 Å². The van der Waals surface area contributed by atoms with Crippen molar-refractivity contribution in [2.75, 3.05) is 0 Å². The van der Waals surface area contributed by atoms with Gasteiger partial charge in [0.1, 0.15) is 12.0 Å². The number of carbonyl (C=O) groups excluding carboxylic acids is 1. The van der Waals surface area contributed by atoms with E-state index >= 15 is 0 Å². The number of hydrazine groups is 1. The number of hydrogen-bond acceptors (Lipinski definition) is 4. The molecule has 118 valence electrons. The van der Waals surface area contributed by atoms with E-state index in [-0.39, 0.29) is 24.1 Å². The average Bonchev–Trinajstić information content (AvgIpc) is 2.92. The molecule has 0 bridgehead atoms. The molecule has 0 saturated heterocycles. The van der Waals surface area contributed by atoms with Crippen LogP contribution in [-0.4, -0.2) is 28.1 Å². The van der Waals surface area contributed by atoms with Crippen molar-refractivity contribution in [2.45, 2.75) is 0 Å². The van der Waals surface area contributed by atoms with Crippen LogP contribution < -0.4 is 11.3 Å². The first kappa shape index (κ1) is 17.0. The first-order valence-electron chi connectivity index (χ1n) is 6.39. The second-order valence-corrected chi connectivity index (χ2v) is 5.10. The molecule has 0 atom stereocenters. The second kappa shape index (κ2) is 6.78. The molecule has 3 rings (SSSR count). The maximum absolute atomic E-state index is 11.6. The van der Waals surface area contributed by atoms with Crippen LogP contribution in [0.5, 0.6) is 5.75 Å². The van der Waals surface area contributed by atoms with Gasteiger partial charge in [0.15, 0.2) is 5.69 Å². The Kier molecular flexibility index (Phi) is 5.00. The van der Waals surface area contributed by atoms with Gasteiger partial charge in [-0.15, -0.1) is 12.4 Å². The molecule has 0 spiro atoms. The van der Waals surface area contributed by atoms with Gasteiger partial charge in [-0.2, -0.15) is 4.58 Å². The van der Waals surface area contributed by atoms with Crippen molar-refractivity contribution in [3.8, 4) is 5.75 Å². The van der Waals surface area contributed by atoms with Gasteiger partial charge in [0, 0.05) is 16.7 Å². The number of hydrogen-bond donors (Lipinski definition) is 3. The number of benzene rings is 2. The molecule has 0 saturated carbocycles. The zero-order valence-electron chi connectivity index (χ0n) is 11.7. The van der Waals surface area contributed by atoms with Gasteiger partial charge in [-0.1, -0.05) is 11.6 Å². The van der Waals surface area contributed by atoms with Crippen LogP contribution in [0.1, 0.15) is 15.9 Å². The van der Waals surface area contributed by atoms with Crippen molar-refractivity contribution < 1.29 is 14.5 Å². The smallest absolute Gasteiger partial charge is 0.292 e. The van der Waals surface area contributed by atoms with E-state index in [4.69, 9.17) is 17.4 Å². The summed E-state index contributed by atoms with van der Waals surface area (Å²) < 4.78 is 1.70. The van der Waals surface area contributed by atoms with Gasteiger partial charge in [0.2, 0.25) is 5.69 Å². The van der Waals surface area contributed by atoms with Gasteiger partial charge >= 0.3 is 0 Å². The number of amides is 1. The van der Waals surface area contributed by atoms with E-state index in [0.29, 0.717) is 27.5 Å². The van der Waals surface area contributed by atoms with Crippen LogP contribution in [0.2, 0.25) is 5.02 Å². The highest BCUT2D eigenvalue weighted by atomic mass is 35.5. The summed E-state index contributed by atoms with van der Waals surface area (Å²) in [6.45, 7) is 0. The lowest BCUT2D eigenvalue weighted by atomic mass is 10.1. The van der Waals surface area contributed by atoms with E-state index in [9.17, 15) is 9.90 Å². The number of nitrogens with two attached hydrogens (primary N) is 1. The van der Waals surface area contributed by atoms with Crippen molar-refractivity contribution in [1.29, 1.82) is 0 Å². The van der Waals surface area contributed by atoms with E-state index in [1.54, 1.807) is 47.5 Å². The fourth-order valence-electron chi connectivity index (χ4n) is 2.13. The maximum atomic E-state index is 11.6. The third kappa shape index (κ3) is 3.34. The molecule has 0 unspecified atom stereocenters. The van der Waals surface area contributed by atoms with Crippen molar-refractivity contribution in [3.05, 3.63) is 52.5 Å². The number of phenolic OH excluding ortho intramolecular Hbond substituents is 1. The summed E-state index contributed by atoms with van der Waals surface area (Å²) in [5.74, 6) is 4.85. The van der Waals surface area contributed by atoms with Gasteiger partial charge < -0.3 is 5.11 Å². The molecule has 1 heterocycles. The fourth-order valence-corrected chi connectivity index (χ4v) is 2.31. The molecule has 23 heavy (non-hydrogen) atoms. The Hall–Kier alpha value is -2.41. The highest BCUT2D eigenvalue weighted by Crippen LogP contribution is 2.32. The average molecular weight is 352 g/mol. The van der Waals surface area contributed by atoms with Gasteiger partial charge in [-0.3, -0.25) is 10.2 Å². The molecule has 2 aromatic carbocycles. The number of nitrogen functional groups attached to an aromatic ring is 1. The van der Waals surface area contributed by atoms with Crippen molar-refractivity contribution in [1.82, 2.24) is 5.43 Å². The molecule has 4 N–H and O–H groups in total. The summed E-state index contributed by atoms with van der Waals surface area (Å²) in [7, 11) is 0. The fraction of sp³-hybridized carbons (Fsp3) is 0. The molecule has 8 heteroatoms. The lowest BCUT2D eigenvalue weighted by Gasteiger charge is -2.02. The molecule has 0 radical (unpaired) electrons. The number of rotatable bonds is 2. The number of aliphatic imine (C=N–C) groups is 1. The monoisotopic (exact) mass is 351 g/mol. The first-order chi connectivity index (χ1) is 10.6. The number of phenols is 1. The minimum absolute atomic E-state index is 0. The minimum Gasteiger partial charge on any atom is -0.507 e. The van der Waals surface area contributed by atoms with Crippen molar-refractivity contribution >= 4 is 53.8 Å². The highest BCUT2D eigenvalue weighted by molar-refractivity contribution is 6.30. The van der Waals surface area contributed by atoms with E-state index in [1.165, 1.54) is 6.07 Å². The molecular formula is C15H13Cl2N4O2+. The number of halogens is 2. The zero-order chi connectivity index (χ0) is 15.7. The zero-order valence-corrected chi connectivity index (χ0v) is 13.3. The Balaban J connectivity index is 0.00000192. The third-order valence-electron chi connectivity index (χ3n) is 3.24. The lowest BCUT2D eigenvalue weighted by molar-refractivity contribution is -0.282. The van der Waals surface area contributed by atoms with Crippen LogP contribution in [-0.2, 0) is 0 Å². The molecule has 0 aromatic heterocycles. The molecule has 1 amide bonds. The van der Waals surface area contributed by atoms with Gasteiger partial charge in [-0.25, -0.2) is 5.84 Å². The first-order valence-corrected chi connectivity index (χ1v) is 6.77. The van der Waals surface area contributed by atoms with E-state index in [0.717, 1.165) is 0 Å². The normalized spacial score (nSPS) is 13.6. The Morgan fingerprint density at radius 1 is 1.30 bits per heavy atom. The van der Waals surface area contributed by atoms with Crippen LogP contribution >= 0.6 is 24.0 Å². The predicted molar refractivity (Wildman–Crippen MR) is 91.7 cm³/mol. The number of aromatic hydroxyl groups is 1. The molecule has 6 nitrogen and oxygen atoms in total. The molecule has 0 fully saturated rings. The number of carbonyl (C=O) groups is 1. The largest absolute Gasteiger partial charge is 0.507 e. The van der Waals surface area contributed by atoms with Crippen LogP contribution in [0.4, 0.5) is 11.4 Å². The maximum Gasteiger partial charge on any atom is 0.292 e. The topological polar surface area (TPSA) is 90.7 Å². The Bertz CT molecular complexity index is 834. The summed E-state index contributed by atoms with van der Waals surface area (Å²) in [6, 6.07) is 9.78. The molecule has 2 aromatic rings. The quantitative estimate of drug-likeness (QED) is 0.336. The van der Waals surface area contributed by atoms with Crippen molar-refractivity contribution in [2.24, 2.45) is 10.8 Å². The summed E-state index contributed by atoms with van der Waals surface area (Å²) in [4.78, 5) is 15.9. The summed E-state index contributed by atoms with van der Waals surface area (Å²) in [6.07, 6.45) is 3.27. The number of nitrogens with zero attached hydrogens (tertiary/aromatic N) is 2. The lowest BCUT2D eigenvalue weighted by Crippen LogP contribution is -2.29. The minimum atomic E-state index is -0.389. The Labute approximate surface area is 143 Å². The van der Waals surface area contributed by atoms with E-state index < -0.39 is 0 Å². The summed E-state index contributed by atoms with van der Waals surface area (Å²) >= 11 is 5.94. The molecule has 1 aliphatic heterocycles. The van der Waals surface area contributed by atoms with Crippen LogP contribution in [0, 0.1) is 0 Å². The van der Waals surface area contributed by atoms with Gasteiger partial charge in [0.25, 0.3) is 12.2 Å². The van der Waals surface area contributed by atoms with Crippen LogP contribution in [0.25, 0.3) is 0 Å². The third-order valence-corrected chi connectivity index (χ3v) is 3.47. The van der Waals surface area contributed by atoms with Crippen molar-refractivity contribution in [3.63, 3.8) is 0 Å². The number of fused-ring (bicyclic) bond motifs is 1. The standard InChI is InChI=1S/C15H11ClN4O2.ClH/c16-11-2-4-14(21)10(5-11)7-20-8-18-12-3-1-9(6-13(12)20)15(22)19-17;/h1-8H,17H2,(H,19,22);1H/p+1. The Morgan fingerprint density at radius 2 is 2.09 bits per heavy atom. The second-order valence-electron chi connectivity index (χ2n) is 4.66. The van der Waals surface area contributed by atoms with Gasteiger partial charge in [-0.05, 0) is 35.3 Å². The van der Waals surface area contributed by atoms with Crippen LogP contribution in [0.3, 0.4) is 0 Å². The summed E-state index contributed by atoms with van der Waals surface area (Å²) in [5.41, 5.74) is 4.47. The number of nitrogens with one attached hydrogen (secondary N) is 1. The summed E-state index contributed by atoms with van der Waals surface area (Å²) in [5, 5.41) is 10.4. The Morgan fingerprint density at radius 3 is 2.83 bits per heavy atom. The van der Waals surface area contributed by atoms with E-state index in [1.807, 2.05) is 0 Å². The molecule has 1 aliphatic rings. The van der Waals surface area contributed by atoms with E-state index in [2.05, 4.69) is 10.4 Å².